The molecule has 1 aliphatic carbocycles. The summed E-state index contributed by atoms with van der Waals surface area (Å²) in [6.07, 6.45) is 8.57. The molecule has 18 heavy (non-hydrogen) atoms. The first-order chi connectivity index (χ1) is 8.84. The van der Waals surface area contributed by atoms with E-state index in [1.54, 1.807) is 6.20 Å². The number of pyridine rings is 1. The van der Waals surface area contributed by atoms with E-state index in [-0.39, 0.29) is 0 Å². The molecular weight excluding hydrogens is 222 g/mol. The summed E-state index contributed by atoms with van der Waals surface area (Å²) in [5, 5.41) is 2.23. The number of hydrogen-bond acceptors (Lipinski definition) is 2. The summed E-state index contributed by atoms with van der Waals surface area (Å²) in [4.78, 5) is 8.79. The molecule has 0 aliphatic heterocycles. The Bertz CT molecular complexity index is 578. The van der Waals surface area contributed by atoms with E-state index < -0.39 is 0 Å². The quantitative estimate of drug-likeness (QED) is 0.645. The van der Waals surface area contributed by atoms with Gasteiger partial charge in [0.1, 0.15) is 5.84 Å². The van der Waals surface area contributed by atoms with Crippen molar-refractivity contribution >= 4 is 22.3 Å². The van der Waals surface area contributed by atoms with Gasteiger partial charge in [0.05, 0.1) is 5.69 Å². The topological polar surface area (TPSA) is 51.3 Å². The largest absolute Gasteiger partial charge is 0.387 e. The van der Waals surface area contributed by atoms with Crippen molar-refractivity contribution in [2.75, 3.05) is 0 Å². The molecule has 3 nitrogen and oxygen atoms in total. The zero-order valence-corrected chi connectivity index (χ0v) is 10.3. The highest BCUT2D eigenvalue weighted by Crippen LogP contribution is 2.29. The van der Waals surface area contributed by atoms with Gasteiger partial charge in [-0.05, 0) is 30.4 Å². The van der Waals surface area contributed by atoms with Gasteiger partial charge in [0, 0.05) is 23.7 Å². The Morgan fingerprint density at radius 2 is 2.06 bits per heavy atom. The predicted octanol–water partition coefficient (Wildman–Crippen LogP) is 3.41. The summed E-state index contributed by atoms with van der Waals surface area (Å²) in [5.74, 6) is 1.25. The molecule has 1 heterocycles. The first kappa shape index (κ1) is 11.2. The number of benzene rings is 1. The Balaban J connectivity index is 2.01. The molecular formula is C15H17N3. The van der Waals surface area contributed by atoms with Crippen LogP contribution in [0, 0.1) is 5.92 Å². The molecule has 2 aromatic rings. The summed E-state index contributed by atoms with van der Waals surface area (Å²) < 4.78 is 0. The Morgan fingerprint density at radius 1 is 1.22 bits per heavy atom. The minimum atomic E-state index is 0.469. The first-order valence-corrected chi connectivity index (χ1v) is 6.51. The maximum absolute atomic E-state index is 6.13. The highest BCUT2D eigenvalue weighted by Gasteiger charge is 2.18. The van der Waals surface area contributed by atoms with Crippen LogP contribution in [0.25, 0.3) is 10.8 Å². The number of rotatable bonds is 2. The van der Waals surface area contributed by atoms with Crippen LogP contribution in [-0.2, 0) is 0 Å². The van der Waals surface area contributed by atoms with Gasteiger partial charge in [0.15, 0.2) is 0 Å². The number of nitrogens with zero attached hydrogens (tertiary/aromatic N) is 2. The minimum Gasteiger partial charge on any atom is -0.387 e. The fourth-order valence-electron chi connectivity index (χ4n) is 2.65. The molecule has 0 unspecified atom stereocenters. The second-order valence-corrected chi connectivity index (χ2v) is 4.89. The zero-order valence-electron chi connectivity index (χ0n) is 10.3. The monoisotopic (exact) mass is 239 g/mol. The van der Waals surface area contributed by atoms with Gasteiger partial charge in [-0.25, -0.2) is 4.99 Å². The van der Waals surface area contributed by atoms with Crippen LogP contribution < -0.4 is 5.73 Å². The van der Waals surface area contributed by atoms with Crippen LogP contribution in [-0.4, -0.2) is 10.8 Å². The molecule has 3 rings (SSSR count). The van der Waals surface area contributed by atoms with E-state index in [1.807, 2.05) is 24.4 Å². The van der Waals surface area contributed by atoms with Crippen LogP contribution in [0.5, 0.6) is 0 Å². The SMILES string of the molecule is NC(=Nc1cccc2ccncc12)C1CCCC1. The van der Waals surface area contributed by atoms with E-state index >= 15 is 0 Å². The third-order valence-electron chi connectivity index (χ3n) is 3.68. The molecule has 0 amide bonds. The van der Waals surface area contributed by atoms with Gasteiger partial charge in [0.2, 0.25) is 0 Å². The van der Waals surface area contributed by atoms with Gasteiger partial charge in [-0.3, -0.25) is 4.98 Å². The van der Waals surface area contributed by atoms with E-state index in [0.29, 0.717) is 5.92 Å². The molecule has 0 saturated heterocycles. The Hall–Kier alpha value is -1.90. The van der Waals surface area contributed by atoms with Crippen molar-refractivity contribution in [3.05, 3.63) is 36.7 Å². The van der Waals surface area contributed by atoms with Gasteiger partial charge >= 0.3 is 0 Å². The van der Waals surface area contributed by atoms with Crippen molar-refractivity contribution < 1.29 is 0 Å². The van der Waals surface area contributed by atoms with Gasteiger partial charge in [-0.15, -0.1) is 0 Å². The number of nitrogens with two attached hydrogens (primary N) is 1. The van der Waals surface area contributed by atoms with Gasteiger partial charge < -0.3 is 5.73 Å². The summed E-state index contributed by atoms with van der Waals surface area (Å²) in [7, 11) is 0. The summed E-state index contributed by atoms with van der Waals surface area (Å²) >= 11 is 0. The zero-order chi connectivity index (χ0) is 12.4. The molecule has 0 atom stereocenters. The average Bonchev–Trinajstić information content (AvgIpc) is 2.93. The molecule has 0 radical (unpaired) electrons. The normalized spacial score (nSPS) is 17.4. The van der Waals surface area contributed by atoms with Crippen LogP contribution >= 0.6 is 0 Å². The van der Waals surface area contributed by atoms with Crippen molar-refractivity contribution in [2.45, 2.75) is 25.7 Å². The standard InChI is InChI=1S/C15H17N3/c16-15(12-4-1-2-5-12)18-14-7-3-6-11-8-9-17-10-13(11)14/h3,6-10,12H,1-2,4-5H2,(H2,16,18). The second kappa shape index (κ2) is 4.77. The van der Waals surface area contributed by atoms with Gasteiger partial charge in [-0.1, -0.05) is 25.0 Å². The van der Waals surface area contributed by atoms with Crippen LogP contribution in [0.4, 0.5) is 5.69 Å². The van der Waals surface area contributed by atoms with Crippen molar-refractivity contribution in [2.24, 2.45) is 16.6 Å². The van der Waals surface area contributed by atoms with Gasteiger partial charge in [-0.2, -0.15) is 0 Å². The molecule has 0 spiro atoms. The van der Waals surface area contributed by atoms with E-state index in [0.717, 1.165) is 22.3 Å². The molecule has 3 heteroatoms. The highest BCUT2D eigenvalue weighted by atomic mass is 14.9. The Morgan fingerprint density at radius 3 is 2.89 bits per heavy atom. The van der Waals surface area contributed by atoms with Crippen molar-refractivity contribution in [3.63, 3.8) is 0 Å². The van der Waals surface area contributed by atoms with Crippen LogP contribution in [0.15, 0.2) is 41.7 Å². The Labute approximate surface area is 107 Å². The molecule has 1 fully saturated rings. The third kappa shape index (κ3) is 2.08. The number of amidine groups is 1. The summed E-state index contributed by atoms with van der Waals surface area (Å²) in [6.45, 7) is 0. The van der Waals surface area contributed by atoms with Crippen molar-refractivity contribution in [1.29, 1.82) is 0 Å². The fourth-order valence-corrected chi connectivity index (χ4v) is 2.65. The predicted molar refractivity (Wildman–Crippen MR) is 75.0 cm³/mol. The van der Waals surface area contributed by atoms with E-state index in [4.69, 9.17) is 5.73 Å². The maximum Gasteiger partial charge on any atom is 0.103 e. The number of aromatic nitrogens is 1. The summed E-state index contributed by atoms with van der Waals surface area (Å²) in [5.41, 5.74) is 7.07. The third-order valence-corrected chi connectivity index (χ3v) is 3.68. The lowest BCUT2D eigenvalue weighted by atomic mass is 10.1. The van der Waals surface area contributed by atoms with Crippen molar-refractivity contribution in [3.8, 4) is 0 Å². The Kier molecular flexibility index (Phi) is 2.97. The lowest BCUT2D eigenvalue weighted by Gasteiger charge is -2.09. The molecule has 0 bridgehead atoms. The number of fused-ring (bicyclic) bond motifs is 1. The average molecular weight is 239 g/mol. The lowest BCUT2D eigenvalue weighted by molar-refractivity contribution is 0.722. The first-order valence-electron chi connectivity index (χ1n) is 6.51. The molecule has 2 N–H and O–H groups in total. The summed E-state index contributed by atoms with van der Waals surface area (Å²) in [6, 6.07) is 8.09. The molecule has 1 aromatic heterocycles. The number of aliphatic imine (C=N–C) groups is 1. The molecule has 92 valence electrons. The maximum atomic E-state index is 6.13. The smallest absolute Gasteiger partial charge is 0.103 e. The number of hydrogen-bond donors (Lipinski definition) is 1. The van der Waals surface area contributed by atoms with Crippen LogP contribution in [0.1, 0.15) is 25.7 Å². The molecule has 1 aliphatic rings. The lowest BCUT2D eigenvalue weighted by Crippen LogP contribution is -2.20. The van der Waals surface area contributed by atoms with Gasteiger partial charge in [0.25, 0.3) is 0 Å². The van der Waals surface area contributed by atoms with E-state index in [9.17, 15) is 0 Å². The fraction of sp³-hybridized carbons (Fsp3) is 0.333. The highest BCUT2D eigenvalue weighted by molar-refractivity contribution is 5.95. The molecule has 1 aromatic carbocycles. The molecule has 1 saturated carbocycles. The van der Waals surface area contributed by atoms with E-state index in [1.165, 1.54) is 25.7 Å². The van der Waals surface area contributed by atoms with Crippen LogP contribution in [0.2, 0.25) is 0 Å². The minimum absolute atomic E-state index is 0.469. The van der Waals surface area contributed by atoms with Crippen molar-refractivity contribution in [1.82, 2.24) is 4.98 Å². The second-order valence-electron chi connectivity index (χ2n) is 4.89. The van der Waals surface area contributed by atoms with E-state index in [2.05, 4.69) is 16.0 Å². The van der Waals surface area contributed by atoms with Crippen LogP contribution in [0.3, 0.4) is 0 Å².